The normalized spacial score (nSPS) is 11.5. The standard InChI is InChI=1S/C15H11F4NO/c1-9-4-3-7-20-12(9)8-13(21)10-5-2-6-11(14(10)16)15(17,18)19/h2-7H,8H2,1H3. The fourth-order valence-corrected chi connectivity index (χ4v) is 1.92. The average Bonchev–Trinajstić information content (AvgIpc) is 2.40. The molecule has 0 aliphatic heterocycles. The number of pyridine rings is 1. The number of ketones is 1. The minimum Gasteiger partial charge on any atom is -0.294 e. The number of carbonyl (C=O) groups excluding carboxylic acids is 1. The lowest BCUT2D eigenvalue weighted by Crippen LogP contribution is -2.14. The Morgan fingerprint density at radius 1 is 1.19 bits per heavy atom. The lowest BCUT2D eigenvalue weighted by Gasteiger charge is -2.11. The van der Waals surface area contributed by atoms with Gasteiger partial charge in [-0.1, -0.05) is 12.1 Å². The Hall–Kier alpha value is -2.24. The van der Waals surface area contributed by atoms with Gasteiger partial charge in [-0.15, -0.1) is 0 Å². The Kier molecular flexibility index (Phi) is 4.06. The summed E-state index contributed by atoms with van der Waals surface area (Å²) in [4.78, 5) is 16.0. The van der Waals surface area contributed by atoms with Crippen molar-refractivity contribution >= 4 is 5.78 Å². The molecule has 2 aromatic rings. The number of Topliss-reactive ketones (excluding diaryl/α,β-unsaturated/α-hetero) is 1. The van der Waals surface area contributed by atoms with Crippen molar-refractivity contribution in [1.82, 2.24) is 4.98 Å². The van der Waals surface area contributed by atoms with Crippen molar-refractivity contribution in [1.29, 1.82) is 0 Å². The minimum atomic E-state index is -4.83. The summed E-state index contributed by atoms with van der Waals surface area (Å²) < 4.78 is 51.7. The molecule has 6 heteroatoms. The Balaban J connectivity index is 2.35. The minimum absolute atomic E-state index is 0.245. The molecule has 0 aliphatic carbocycles. The van der Waals surface area contributed by atoms with Gasteiger partial charge in [-0.25, -0.2) is 4.39 Å². The number of benzene rings is 1. The summed E-state index contributed by atoms with van der Waals surface area (Å²) in [5.74, 6) is -2.27. The third kappa shape index (κ3) is 3.26. The van der Waals surface area contributed by atoms with Crippen LogP contribution in [0.15, 0.2) is 36.5 Å². The molecule has 1 aromatic carbocycles. The number of carbonyl (C=O) groups is 1. The Labute approximate surface area is 118 Å². The van der Waals surface area contributed by atoms with Gasteiger partial charge in [0.2, 0.25) is 0 Å². The summed E-state index contributed by atoms with van der Waals surface area (Å²) in [5, 5.41) is 0. The van der Waals surface area contributed by atoms with Crippen LogP contribution in [0.4, 0.5) is 17.6 Å². The number of aryl methyl sites for hydroxylation is 1. The summed E-state index contributed by atoms with van der Waals surface area (Å²) >= 11 is 0. The van der Waals surface area contributed by atoms with E-state index in [0.717, 1.165) is 17.7 Å². The van der Waals surface area contributed by atoms with E-state index >= 15 is 0 Å². The number of halogens is 4. The topological polar surface area (TPSA) is 30.0 Å². The van der Waals surface area contributed by atoms with Crippen molar-refractivity contribution in [3.63, 3.8) is 0 Å². The van der Waals surface area contributed by atoms with Crippen LogP contribution in [-0.4, -0.2) is 10.8 Å². The van der Waals surface area contributed by atoms with Crippen LogP contribution < -0.4 is 0 Å². The van der Waals surface area contributed by atoms with Crippen LogP contribution in [0.5, 0.6) is 0 Å². The Bertz CT molecular complexity index is 680. The maximum atomic E-state index is 13.9. The van der Waals surface area contributed by atoms with Crippen LogP contribution in [0.25, 0.3) is 0 Å². The summed E-state index contributed by atoms with van der Waals surface area (Å²) in [6.07, 6.45) is -3.61. The monoisotopic (exact) mass is 297 g/mol. The molecular weight excluding hydrogens is 286 g/mol. The van der Waals surface area contributed by atoms with Gasteiger partial charge in [-0.2, -0.15) is 13.2 Å². The van der Waals surface area contributed by atoms with Crippen molar-refractivity contribution in [3.05, 3.63) is 64.7 Å². The van der Waals surface area contributed by atoms with E-state index in [2.05, 4.69) is 4.98 Å². The average molecular weight is 297 g/mol. The first-order valence-corrected chi connectivity index (χ1v) is 6.10. The largest absolute Gasteiger partial charge is 0.419 e. The predicted octanol–water partition coefficient (Wildman–Crippen LogP) is 3.97. The van der Waals surface area contributed by atoms with E-state index in [0.29, 0.717) is 11.8 Å². The van der Waals surface area contributed by atoms with E-state index in [1.54, 1.807) is 19.1 Å². The molecule has 2 nitrogen and oxygen atoms in total. The smallest absolute Gasteiger partial charge is 0.294 e. The molecule has 21 heavy (non-hydrogen) atoms. The Morgan fingerprint density at radius 2 is 1.90 bits per heavy atom. The molecule has 0 unspecified atom stereocenters. The highest BCUT2D eigenvalue weighted by Crippen LogP contribution is 2.32. The number of rotatable bonds is 3. The molecule has 0 bridgehead atoms. The van der Waals surface area contributed by atoms with Gasteiger partial charge in [-0.05, 0) is 30.7 Å². The number of nitrogens with zero attached hydrogens (tertiary/aromatic N) is 1. The number of alkyl halides is 3. The molecule has 0 fully saturated rings. The second kappa shape index (κ2) is 5.63. The summed E-state index contributed by atoms with van der Waals surface area (Å²) in [6.45, 7) is 1.72. The fourth-order valence-electron chi connectivity index (χ4n) is 1.92. The maximum Gasteiger partial charge on any atom is 0.419 e. The van der Waals surface area contributed by atoms with Crippen molar-refractivity contribution in [3.8, 4) is 0 Å². The molecule has 0 N–H and O–H groups in total. The Morgan fingerprint density at radius 3 is 2.52 bits per heavy atom. The second-order valence-electron chi connectivity index (χ2n) is 4.53. The molecule has 0 radical (unpaired) electrons. The zero-order chi connectivity index (χ0) is 15.6. The molecular formula is C15H11F4NO. The lowest BCUT2D eigenvalue weighted by molar-refractivity contribution is -0.140. The van der Waals surface area contributed by atoms with E-state index in [1.165, 1.54) is 6.20 Å². The second-order valence-corrected chi connectivity index (χ2v) is 4.53. The van der Waals surface area contributed by atoms with E-state index < -0.39 is 28.9 Å². The van der Waals surface area contributed by atoms with Crippen molar-refractivity contribution < 1.29 is 22.4 Å². The van der Waals surface area contributed by atoms with Crippen LogP contribution in [0.3, 0.4) is 0 Å². The summed E-state index contributed by atoms with van der Waals surface area (Å²) in [5.41, 5.74) is -0.876. The zero-order valence-electron chi connectivity index (χ0n) is 11.0. The maximum absolute atomic E-state index is 13.9. The number of hydrogen-bond donors (Lipinski definition) is 0. The quantitative estimate of drug-likeness (QED) is 0.633. The highest BCUT2D eigenvalue weighted by molar-refractivity contribution is 5.97. The van der Waals surface area contributed by atoms with Crippen LogP contribution in [0.2, 0.25) is 0 Å². The van der Waals surface area contributed by atoms with Crippen LogP contribution in [-0.2, 0) is 12.6 Å². The molecule has 110 valence electrons. The highest BCUT2D eigenvalue weighted by atomic mass is 19.4. The summed E-state index contributed by atoms with van der Waals surface area (Å²) in [7, 11) is 0. The molecule has 0 saturated carbocycles. The third-order valence-electron chi connectivity index (χ3n) is 3.05. The molecule has 0 atom stereocenters. The lowest BCUT2D eigenvalue weighted by atomic mass is 10.0. The van der Waals surface area contributed by atoms with Gasteiger partial charge in [0.05, 0.1) is 23.2 Å². The molecule has 1 aromatic heterocycles. The highest BCUT2D eigenvalue weighted by Gasteiger charge is 2.35. The molecule has 0 aliphatic rings. The number of hydrogen-bond acceptors (Lipinski definition) is 2. The molecule has 0 spiro atoms. The van der Waals surface area contributed by atoms with Crippen molar-refractivity contribution in [2.24, 2.45) is 0 Å². The van der Waals surface area contributed by atoms with Crippen LogP contribution in [0.1, 0.15) is 27.2 Å². The van der Waals surface area contributed by atoms with E-state index in [-0.39, 0.29) is 6.42 Å². The molecule has 0 amide bonds. The van der Waals surface area contributed by atoms with Crippen LogP contribution in [0, 0.1) is 12.7 Å². The van der Waals surface area contributed by atoms with E-state index in [4.69, 9.17) is 0 Å². The third-order valence-corrected chi connectivity index (χ3v) is 3.05. The fraction of sp³-hybridized carbons (Fsp3) is 0.200. The van der Waals surface area contributed by atoms with Gasteiger partial charge in [0.25, 0.3) is 0 Å². The van der Waals surface area contributed by atoms with Gasteiger partial charge < -0.3 is 0 Å². The van der Waals surface area contributed by atoms with Crippen molar-refractivity contribution in [2.75, 3.05) is 0 Å². The molecule has 2 rings (SSSR count). The van der Waals surface area contributed by atoms with Gasteiger partial charge in [0.15, 0.2) is 5.78 Å². The van der Waals surface area contributed by atoms with Gasteiger partial charge >= 0.3 is 6.18 Å². The van der Waals surface area contributed by atoms with Crippen molar-refractivity contribution in [2.45, 2.75) is 19.5 Å². The SMILES string of the molecule is Cc1cccnc1CC(=O)c1cccc(C(F)(F)F)c1F. The van der Waals surface area contributed by atoms with E-state index in [9.17, 15) is 22.4 Å². The van der Waals surface area contributed by atoms with Gasteiger partial charge in [0, 0.05) is 6.20 Å². The zero-order valence-corrected chi connectivity index (χ0v) is 11.0. The van der Waals surface area contributed by atoms with Gasteiger partial charge in [0.1, 0.15) is 5.82 Å². The first-order chi connectivity index (χ1) is 9.80. The number of aromatic nitrogens is 1. The summed E-state index contributed by atoms with van der Waals surface area (Å²) in [6, 6.07) is 6.07. The molecule has 0 saturated heterocycles. The first kappa shape index (κ1) is 15.2. The first-order valence-electron chi connectivity index (χ1n) is 6.10. The molecule has 1 heterocycles. The van der Waals surface area contributed by atoms with E-state index in [1.807, 2.05) is 0 Å². The van der Waals surface area contributed by atoms with Crippen LogP contribution >= 0.6 is 0 Å². The predicted molar refractivity (Wildman–Crippen MR) is 68.4 cm³/mol. The van der Waals surface area contributed by atoms with Gasteiger partial charge in [-0.3, -0.25) is 9.78 Å².